The summed E-state index contributed by atoms with van der Waals surface area (Å²) < 4.78 is 5.40. The fourth-order valence-corrected chi connectivity index (χ4v) is 4.00. The van der Waals surface area contributed by atoms with Gasteiger partial charge in [0.05, 0.1) is 5.54 Å². The molecular weight excluding hydrogens is 366 g/mol. The third kappa shape index (κ3) is 3.78. The molecule has 152 valence electrons. The minimum absolute atomic E-state index is 0.0664. The Morgan fingerprint density at radius 3 is 2.69 bits per heavy atom. The quantitative estimate of drug-likeness (QED) is 0.774. The number of nitrogens with two attached hydrogens (primary N) is 1. The van der Waals surface area contributed by atoms with Gasteiger partial charge in [0.25, 0.3) is 0 Å². The minimum atomic E-state index is -0.667. The number of methoxy groups -OCH3 is 1. The zero-order valence-electron chi connectivity index (χ0n) is 16.9. The first kappa shape index (κ1) is 19.6. The second kappa shape index (κ2) is 7.61. The summed E-state index contributed by atoms with van der Waals surface area (Å²) in [5.74, 6) is -0.00678. The van der Waals surface area contributed by atoms with Gasteiger partial charge in [-0.2, -0.15) is 0 Å². The van der Waals surface area contributed by atoms with Crippen molar-refractivity contribution in [2.75, 3.05) is 20.7 Å². The lowest BCUT2D eigenvalue weighted by molar-refractivity contribution is -0.126. The molecular formula is C23H27N3O3. The number of allylic oxidation sites excluding steroid dienone is 3. The molecule has 0 saturated heterocycles. The van der Waals surface area contributed by atoms with Crippen molar-refractivity contribution in [2.45, 2.75) is 37.3 Å². The van der Waals surface area contributed by atoms with Crippen molar-refractivity contribution in [3.8, 4) is 0 Å². The second-order valence-electron chi connectivity index (χ2n) is 7.99. The van der Waals surface area contributed by atoms with Gasteiger partial charge in [-0.05, 0) is 35.6 Å². The molecule has 1 amide bonds. The van der Waals surface area contributed by atoms with Crippen molar-refractivity contribution in [3.63, 3.8) is 0 Å². The van der Waals surface area contributed by atoms with E-state index in [0.29, 0.717) is 19.4 Å². The van der Waals surface area contributed by atoms with E-state index in [0.717, 1.165) is 40.8 Å². The van der Waals surface area contributed by atoms with Gasteiger partial charge in [0.2, 0.25) is 5.91 Å². The molecule has 3 N–H and O–H groups in total. The average molecular weight is 393 g/mol. The van der Waals surface area contributed by atoms with E-state index in [-0.39, 0.29) is 11.7 Å². The van der Waals surface area contributed by atoms with Crippen LogP contribution in [0.25, 0.3) is 5.57 Å². The van der Waals surface area contributed by atoms with E-state index >= 15 is 0 Å². The highest BCUT2D eigenvalue weighted by Gasteiger charge is 2.45. The molecule has 6 nitrogen and oxygen atoms in total. The lowest BCUT2D eigenvalue weighted by Gasteiger charge is -2.34. The van der Waals surface area contributed by atoms with Gasteiger partial charge >= 0.3 is 0 Å². The molecule has 1 unspecified atom stereocenters. The summed E-state index contributed by atoms with van der Waals surface area (Å²) in [4.78, 5) is 26.6. The van der Waals surface area contributed by atoms with Crippen molar-refractivity contribution in [2.24, 2.45) is 5.73 Å². The molecule has 1 atom stereocenters. The van der Waals surface area contributed by atoms with Gasteiger partial charge in [0.1, 0.15) is 6.10 Å². The van der Waals surface area contributed by atoms with Crippen LogP contribution < -0.4 is 11.1 Å². The van der Waals surface area contributed by atoms with Crippen LogP contribution in [0.4, 0.5) is 0 Å². The largest absolute Gasteiger partial charge is 0.370 e. The first-order chi connectivity index (χ1) is 13.9. The number of carbonyl (C=O) groups is 2. The van der Waals surface area contributed by atoms with Crippen molar-refractivity contribution in [3.05, 3.63) is 65.0 Å². The van der Waals surface area contributed by atoms with E-state index in [1.807, 2.05) is 37.5 Å². The Labute approximate surface area is 171 Å². The van der Waals surface area contributed by atoms with Crippen LogP contribution in [0.1, 0.15) is 31.2 Å². The SMILES string of the molecule is COC1C=C2C(=CN(C)C(CCNC(=O)C3(N)CC3)=C2c2ccccc2)CC1=O. The predicted molar refractivity (Wildman–Crippen MR) is 111 cm³/mol. The van der Waals surface area contributed by atoms with Gasteiger partial charge in [-0.3, -0.25) is 9.59 Å². The average Bonchev–Trinajstić information content (AvgIpc) is 3.47. The van der Waals surface area contributed by atoms with Crippen LogP contribution in [0.3, 0.4) is 0 Å². The lowest BCUT2D eigenvalue weighted by atomic mass is 9.81. The van der Waals surface area contributed by atoms with Crippen LogP contribution >= 0.6 is 0 Å². The zero-order chi connectivity index (χ0) is 20.6. The van der Waals surface area contributed by atoms with Crippen molar-refractivity contribution < 1.29 is 14.3 Å². The topological polar surface area (TPSA) is 84.7 Å². The predicted octanol–water partition coefficient (Wildman–Crippen LogP) is 2.14. The molecule has 1 heterocycles. The van der Waals surface area contributed by atoms with Crippen molar-refractivity contribution in [1.29, 1.82) is 0 Å². The number of nitrogens with zero attached hydrogens (tertiary/aromatic N) is 1. The van der Waals surface area contributed by atoms with Crippen molar-refractivity contribution in [1.82, 2.24) is 10.2 Å². The number of carbonyl (C=O) groups excluding carboxylic acids is 2. The molecule has 0 aromatic heterocycles. The zero-order valence-corrected chi connectivity index (χ0v) is 16.9. The number of hydrogen-bond donors (Lipinski definition) is 2. The van der Waals surface area contributed by atoms with Crippen LogP contribution in [-0.4, -0.2) is 48.9 Å². The summed E-state index contributed by atoms with van der Waals surface area (Å²) in [6.07, 6.45) is 5.93. The summed E-state index contributed by atoms with van der Waals surface area (Å²) in [6.45, 7) is 0.511. The van der Waals surface area contributed by atoms with E-state index in [4.69, 9.17) is 10.5 Å². The molecule has 0 radical (unpaired) electrons. The standard InChI is InChI=1S/C23H27N3O3/c1-26-14-16-12-19(27)20(29-2)13-17(16)21(15-6-4-3-5-7-15)18(26)8-11-25-22(28)23(24)9-10-23/h3-7,13-14,20H,8-12,24H2,1-2H3,(H,25,28). The van der Waals surface area contributed by atoms with E-state index in [2.05, 4.69) is 22.3 Å². The number of fused-ring (bicyclic) bond motifs is 1. The number of ketones is 1. The Morgan fingerprint density at radius 1 is 1.31 bits per heavy atom. The van der Waals surface area contributed by atoms with Crippen LogP contribution in [0.15, 0.2) is 59.5 Å². The number of Topliss-reactive ketones (excluding diaryl/α,β-unsaturated/α-hetero) is 1. The summed E-state index contributed by atoms with van der Waals surface area (Å²) in [5, 5.41) is 2.98. The van der Waals surface area contributed by atoms with Crippen LogP contribution in [0.5, 0.6) is 0 Å². The third-order valence-electron chi connectivity index (χ3n) is 5.88. The summed E-state index contributed by atoms with van der Waals surface area (Å²) >= 11 is 0. The number of rotatable bonds is 6. The summed E-state index contributed by atoms with van der Waals surface area (Å²) in [5.41, 5.74) is 10.6. The first-order valence-corrected chi connectivity index (χ1v) is 10.0. The van der Waals surface area contributed by atoms with Crippen molar-refractivity contribution >= 4 is 17.3 Å². The van der Waals surface area contributed by atoms with Gasteiger partial charge < -0.3 is 20.7 Å². The van der Waals surface area contributed by atoms with Gasteiger partial charge in [-0.15, -0.1) is 0 Å². The second-order valence-corrected chi connectivity index (χ2v) is 7.99. The fourth-order valence-electron chi connectivity index (χ4n) is 4.00. The van der Waals surface area contributed by atoms with E-state index in [1.54, 1.807) is 7.11 Å². The molecule has 2 aliphatic carbocycles. The Hall–Kier alpha value is -2.70. The Kier molecular flexibility index (Phi) is 5.15. The number of ether oxygens (including phenoxy) is 1. The molecule has 1 aromatic rings. The number of nitrogens with one attached hydrogen (secondary N) is 1. The highest BCUT2D eigenvalue weighted by atomic mass is 16.5. The Bertz CT molecular complexity index is 926. The lowest BCUT2D eigenvalue weighted by Crippen LogP contribution is -2.43. The van der Waals surface area contributed by atoms with Gasteiger partial charge in [-0.1, -0.05) is 30.3 Å². The smallest absolute Gasteiger partial charge is 0.240 e. The van der Waals surface area contributed by atoms with Gasteiger partial charge in [0, 0.05) is 51.0 Å². The first-order valence-electron chi connectivity index (χ1n) is 10.0. The Morgan fingerprint density at radius 2 is 2.03 bits per heavy atom. The van der Waals surface area contributed by atoms with Gasteiger partial charge in [0.15, 0.2) is 5.78 Å². The van der Waals surface area contributed by atoms with Crippen LogP contribution in [0.2, 0.25) is 0 Å². The van der Waals surface area contributed by atoms with Crippen LogP contribution in [0, 0.1) is 0 Å². The molecule has 1 fully saturated rings. The molecule has 1 aromatic carbocycles. The van der Waals surface area contributed by atoms with E-state index in [1.165, 1.54) is 0 Å². The molecule has 0 spiro atoms. The molecule has 1 saturated carbocycles. The number of benzene rings is 1. The maximum Gasteiger partial charge on any atom is 0.240 e. The summed E-state index contributed by atoms with van der Waals surface area (Å²) in [7, 11) is 3.55. The maximum absolute atomic E-state index is 12.4. The highest BCUT2D eigenvalue weighted by molar-refractivity contribution is 5.97. The van der Waals surface area contributed by atoms with E-state index < -0.39 is 11.6 Å². The normalized spacial score (nSPS) is 22.7. The third-order valence-corrected chi connectivity index (χ3v) is 5.88. The molecule has 3 aliphatic rings. The molecule has 4 rings (SSSR count). The monoisotopic (exact) mass is 393 g/mol. The number of hydrogen-bond acceptors (Lipinski definition) is 5. The number of amides is 1. The maximum atomic E-state index is 12.4. The molecule has 29 heavy (non-hydrogen) atoms. The Balaban J connectivity index is 1.68. The van der Waals surface area contributed by atoms with E-state index in [9.17, 15) is 9.59 Å². The molecule has 0 bridgehead atoms. The fraction of sp³-hybridized carbons (Fsp3) is 0.391. The summed E-state index contributed by atoms with van der Waals surface area (Å²) in [6, 6.07) is 10.1. The molecule has 1 aliphatic heterocycles. The van der Waals surface area contributed by atoms with Crippen LogP contribution in [-0.2, 0) is 14.3 Å². The van der Waals surface area contributed by atoms with Gasteiger partial charge in [-0.25, -0.2) is 0 Å². The highest BCUT2D eigenvalue weighted by Crippen LogP contribution is 2.41. The molecule has 6 heteroatoms. The minimum Gasteiger partial charge on any atom is -0.370 e.